The molecule has 0 unspecified atom stereocenters. The molecule has 1 amide bonds. The smallest absolute Gasteiger partial charge is 0.249 e. The van der Waals surface area contributed by atoms with E-state index in [2.05, 4.69) is 0 Å². The maximum absolute atomic E-state index is 11.9. The zero-order valence-corrected chi connectivity index (χ0v) is 8.78. The van der Waals surface area contributed by atoms with Crippen molar-refractivity contribution in [3.8, 4) is 5.75 Å². The molecule has 3 N–H and O–H groups in total. The van der Waals surface area contributed by atoms with E-state index in [0.29, 0.717) is 23.3 Å². The van der Waals surface area contributed by atoms with Crippen LogP contribution in [0.3, 0.4) is 0 Å². The largest absolute Gasteiger partial charge is 0.491 e. The van der Waals surface area contributed by atoms with Crippen LogP contribution in [0.2, 0.25) is 0 Å². The molecule has 1 aromatic rings. The van der Waals surface area contributed by atoms with E-state index in [1.165, 1.54) is 6.07 Å². The van der Waals surface area contributed by atoms with Gasteiger partial charge in [0.2, 0.25) is 5.91 Å². The van der Waals surface area contributed by atoms with Gasteiger partial charge in [0.25, 0.3) is 0 Å². The number of carbonyl (C=O) groups excluding carboxylic acids is 1. The highest BCUT2D eigenvalue weighted by atomic mass is 19.1. The van der Waals surface area contributed by atoms with Crippen LogP contribution < -0.4 is 10.5 Å². The van der Waals surface area contributed by atoms with E-state index in [0.717, 1.165) is 0 Å². The van der Waals surface area contributed by atoms with E-state index in [1.54, 1.807) is 12.1 Å². The number of halogens is 1. The zero-order valence-electron chi connectivity index (χ0n) is 8.78. The van der Waals surface area contributed by atoms with Gasteiger partial charge in [-0.3, -0.25) is 4.79 Å². The van der Waals surface area contributed by atoms with Crippen molar-refractivity contribution in [3.63, 3.8) is 0 Å². The summed E-state index contributed by atoms with van der Waals surface area (Å²) in [5.74, 6) is -0.192. The Kier molecular flexibility index (Phi) is 4.72. The number of carbonyl (C=O) groups is 1. The highest BCUT2D eigenvalue weighted by Gasteiger charge is 2.09. The second-order valence-electron chi connectivity index (χ2n) is 3.19. The highest BCUT2D eigenvalue weighted by molar-refractivity contribution is 5.94. The Morgan fingerprint density at radius 2 is 2.25 bits per heavy atom. The molecule has 1 aromatic carbocycles. The number of ether oxygens (including phenoxy) is 1. The second-order valence-corrected chi connectivity index (χ2v) is 3.19. The van der Waals surface area contributed by atoms with Crippen LogP contribution in [0, 0.1) is 0 Å². The van der Waals surface area contributed by atoms with E-state index < -0.39 is 12.6 Å². The average molecular weight is 227 g/mol. The van der Waals surface area contributed by atoms with Crippen molar-refractivity contribution in [1.29, 1.82) is 0 Å². The lowest BCUT2D eigenvalue weighted by Crippen LogP contribution is -2.15. The van der Waals surface area contributed by atoms with E-state index in [-0.39, 0.29) is 13.2 Å². The summed E-state index contributed by atoms with van der Waals surface area (Å²) < 4.78 is 16.9. The Balaban J connectivity index is 2.93. The number of aliphatic hydroxyl groups is 1. The zero-order chi connectivity index (χ0) is 12.0. The summed E-state index contributed by atoms with van der Waals surface area (Å²) in [7, 11) is 0. The molecule has 0 bridgehead atoms. The van der Waals surface area contributed by atoms with Gasteiger partial charge in [-0.15, -0.1) is 0 Å². The minimum absolute atomic E-state index is 0.0580. The Hall–Kier alpha value is -1.62. The molecule has 88 valence electrons. The molecular formula is C11H14FNO3. The fourth-order valence-electron chi connectivity index (χ4n) is 1.37. The van der Waals surface area contributed by atoms with Gasteiger partial charge in [-0.1, -0.05) is 6.07 Å². The molecule has 4 nitrogen and oxygen atoms in total. The number of benzene rings is 1. The van der Waals surface area contributed by atoms with E-state index in [4.69, 9.17) is 15.6 Å². The SMILES string of the molecule is NC(=O)c1cc(OCCF)ccc1CCO. The summed E-state index contributed by atoms with van der Waals surface area (Å²) in [4.78, 5) is 11.1. The van der Waals surface area contributed by atoms with Crippen LogP contribution >= 0.6 is 0 Å². The van der Waals surface area contributed by atoms with Crippen LogP contribution in [0.15, 0.2) is 18.2 Å². The number of nitrogens with two attached hydrogens (primary N) is 1. The molecule has 1 rings (SSSR count). The third-order valence-electron chi connectivity index (χ3n) is 2.07. The quantitative estimate of drug-likeness (QED) is 0.750. The van der Waals surface area contributed by atoms with Gasteiger partial charge in [0, 0.05) is 12.2 Å². The topological polar surface area (TPSA) is 72.6 Å². The van der Waals surface area contributed by atoms with Gasteiger partial charge >= 0.3 is 0 Å². The monoisotopic (exact) mass is 227 g/mol. The first-order valence-corrected chi connectivity index (χ1v) is 4.91. The maximum Gasteiger partial charge on any atom is 0.249 e. The number of amides is 1. The molecule has 0 fully saturated rings. The van der Waals surface area contributed by atoms with Crippen LogP contribution in [0.5, 0.6) is 5.75 Å². The standard InChI is InChI=1S/C11H14FNO3/c12-4-6-16-9-2-1-8(3-5-14)10(7-9)11(13)15/h1-2,7,14H,3-6H2,(H2,13,15). The summed E-state index contributed by atoms with van der Waals surface area (Å²) in [6.07, 6.45) is 0.349. The lowest BCUT2D eigenvalue weighted by Gasteiger charge is -2.09. The van der Waals surface area contributed by atoms with Crippen molar-refractivity contribution in [1.82, 2.24) is 0 Å². The van der Waals surface area contributed by atoms with Crippen molar-refractivity contribution >= 4 is 5.91 Å². The fourth-order valence-corrected chi connectivity index (χ4v) is 1.37. The number of rotatable bonds is 6. The van der Waals surface area contributed by atoms with Gasteiger partial charge in [-0.05, 0) is 24.1 Å². The van der Waals surface area contributed by atoms with Crippen molar-refractivity contribution in [2.24, 2.45) is 5.73 Å². The lowest BCUT2D eigenvalue weighted by molar-refractivity contribution is 0.0998. The third-order valence-corrected chi connectivity index (χ3v) is 2.07. The summed E-state index contributed by atoms with van der Waals surface area (Å²) in [5.41, 5.74) is 6.14. The number of primary amides is 1. The maximum atomic E-state index is 11.9. The molecule has 5 heteroatoms. The Morgan fingerprint density at radius 3 is 2.81 bits per heavy atom. The molecule has 0 heterocycles. The van der Waals surface area contributed by atoms with Crippen LogP contribution in [0.4, 0.5) is 4.39 Å². The van der Waals surface area contributed by atoms with Crippen molar-refractivity contribution < 1.29 is 19.0 Å². The average Bonchev–Trinajstić information content (AvgIpc) is 2.27. The van der Waals surface area contributed by atoms with Gasteiger partial charge in [-0.25, -0.2) is 4.39 Å². The number of alkyl halides is 1. The minimum atomic E-state index is -0.593. The Bertz CT molecular complexity index is 368. The van der Waals surface area contributed by atoms with Gasteiger partial charge < -0.3 is 15.6 Å². The van der Waals surface area contributed by atoms with Gasteiger partial charge in [0.15, 0.2) is 0 Å². The first kappa shape index (κ1) is 12.4. The minimum Gasteiger partial charge on any atom is -0.491 e. The van der Waals surface area contributed by atoms with Crippen LogP contribution in [-0.2, 0) is 6.42 Å². The first-order chi connectivity index (χ1) is 7.69. The predicted molar refractivity (Wildman–Crippen MR) is 57.2 cm³/mol. The third kappa shape index (κ3) is 3.20. The van der Waals surface area contributed by atoms with Crippen LogP contribution in [0.1, 0.15) is 15.9 Å². The molecule has 0 aliphatic heterocycles. The molecule has 16 heavy (non-hydrogen) atoms. The molecule has 0 saturated heterocycles. The molecule has 0 aliphatic rings. The van der Waals surface area contributed by atoms with Crippen LogP contribution in [-0.4, -0.2) is 30.9 Å². The van der Waals surface area contributed by atoms with Gasteiger partial charge in [-0.2, -0.15) is 0 Å². The van der Waals surface area contributed by atoms with Gasteiger partial charge in [0.05, 0.1) is 0 Å². The molecule has 0 saturated carbocycles. The Morgan fingerprint density at radius 1 is 1.50 bits per heavy atom. The summed E-state index contributed by atoms with van der Waals surface area (Å²) in [6.45, 7) is -0.715. The molecule has 0 aromatic heterocycles. The second kappa shape index (κ2) is 6.07. The molecule has 0 aliphatic carbocycles. The van der Waals surface area contributed by atoms with Crippen molar-refractivity contribution in [2.45, 2.75) is 6.42 Å². The predicted octanol–water partition coefficient (Wildman–Crippen LogP) is 0.669. The molecular weight excluding hydrogens is 213 g/mol. The van der Waals surface area contributed by atoms with E-state index in [9.17, 15) is 9.18 Å². The van der Waals surface area contributed by atoms with Gasteiger partial charge in [0.1, 0.15) is 19.0 Å². The van der Waals surface area contributed by atoms with Crippen molar-refractivity contribution in [2.75, 3.05) is 19.9 Å². The lowest BCUT2D eigenvalue weighted by atomic mass is 10.0. The molecule has 0 radical (unpaired) electrons. The summed E-state index contributed by atoms with van der Waals surface area (Å²) in [6, 6.07) is 4.72. The Labute approximate surface area is 92.8 Å². The molecule has 0 spiro atoms. The normalized spacial score (nSPS) is 10.1. The highest BCUT2D eigenvalue weighted by Crippen LogP contribution is 2.18. The number of hydrogen-bond donors (Lipinski definition) is 2. The van der Waals surface area contributed by atoms with Crippen LogP contribution in [0.25, 0.3) is 0 Å². The number of hydrogen-bond acceptors (Lipinski definition) is 3. The number of aliphatic hydroxyl groups excluding tert-OH is 1. The fraction of sp³-hybridized carbons (Fsp3) is 0.364. The summed E-state index contributed by atoms with van der Waals surface area (Å²) >= 11 is 0. The van der Waals surface area contributed by atoms with E-state index >= 15 is 0 Å². The van der Waals surface area contributed by atoms with E-state index in [1.807, 2.05) is 0 Å². The first-order valence-electron chi connectivity index (χ1n) is 4.91. The van der Waals surface area contributed by atoms with Crippen molar-refractivity contribution in [3.05, 3.63) is 29.3 Å². The summed E-state index contributed by atoms with van der Waals surface area (Å²) in [5, 5.41) is 8.80. The molecule has 0 atom stereocenters.